The predicted octanol–water partition coefficient (Wildman–Crippen LogP) is 4.17. The van der Waals surface area contributed by atoms with Crippen molar-refractivity contribution in [3.05, 3.63) is 42.3 Å². The number of nitrogens with zero attached hydrogens (tertiary/aromatic N) is 4. The fourth-order valence-electron chi connectivity index (χ4n) is 4.52. The van der Waals surface area contributed by atoms with Crippen molar-refractivity contribution in [2.45, 2.75) is 44.7 Å². The molecule has 2 aliphatic rings. The van der Waals surface area contributed by atoms with Crippen LogP contribution in [0.2, 0.25) is 0 Å². The number of oxazole rings is 1. The Bertz CT molecular complexity index is 1310. The molecule has 31 heavy (non-hydrogen) atoms. The second-order valence-electron chi connectivity index (χ2n) is 9.11. The molecule has 4 aromatic rings. The van der Waals surface area contributed by atoms with Gasteiger partial charge in [0, 0.05) is 43.2 Å². The van der Waals surface area contributed by atoms with Crippen LogP contribution in [0.25, 0.3) is 33.4 Å². The minimum Gasteiger partial charge on any atom is -0.507 e. The number of fused-ring (bicyclic) bond motifs is 2. The number of benzene rings is 1. The van der Waals surface area contributed by atoms with E-state index in [1.807, 2.05) is 24.3 Å². The van der Waals surface area contributed by atoms with Gasteiger partial charge in [0.05, 0.1) is 16.7 Å². The molecule has 2 fully saturated rings. The highest BCUT2D eigenvalue weighted by atomic mass is 16.3. The molecule has 1 aromatic carbocycles. The number of aromatic nitrogens is 3. The van der Waals surface area contributed by atoms with Crippen molar-refractivity contribution in [2.24, 2.45) is 0 Å². The zero-order valence-corrected chi connectivity index (χ0v) is 17.7. The lowest BCUT2D eigenvalue weighted by atomic mass is 10.1. The Kier molecular flexibility index (Phi) is 3.99. The van der Waals surface area contributed by atoms with Crippen LogP contribution in [-0.4, -0.2) is 44.7 Å². The number of phenols is 1. The van der Waals surface area contributed by atoms with E-state index in [1.54, 1.807) is 19.1 Å². The van der Waals surface area contributed by atoms with Crippen molar-refractivity contribution in [1.82, 2.24) is 20.3 Å². The fraction of sp³-hybridized carbons (Fsp3) is 0.375. The van der Waals surface area contributed by atoms with Gasteiger partial charge in [-0.1, -0.05) is 0 Å². The summed E-state index contributed by atoms with van der Waals surface area (Å²) in [6.07, 6.45) is 3.71. The predicted molar refractivity (Wildman–Crippen MR) is 120 cm³/mol. The van der Waals surface area contributed by atoms with Crippen LogP contribution in [-0.2, 0) is 0 Å². The molecule has 7 nitrogen and oxygen atoms in total. The molecule has 1 aliphatic carbocycles. The Labute approximate surface area is 180 Å². The summed E-state index contributed by atoms with van der Waals surface area (Å²) in [5, 5.41) is 14.3. The summed E-state index contributed by atoms with van der Waals surface area (Å²) in [6, 6.07) is 11.9. The first-order chi connectivity index (χ1) is 15.0. The van der Waals surface area contributed by atoms with E-state index in [-0.39, 0.29) is 5.75 Å². The van der Waals surface area contributed by atoms with Crippen LogP contribution in [0.1, 0.15) is 32.1 Å². The lowest BCUT2D eigenvalue weighted by molar-refractivity contribution is 0.455. The van der Waals surface area contributed by atoms with E-state index in [0.29, 0.717) is 39.8 Å². The van der Waals surface area contributed by atoms with E-state index in [4.69, 9.17) is 14.4 Å². The molecule has 4 heterocycles. The van der Waals surface area contributed by atoms with Gasteiger partial charge in [-0.25, -0.2) is 15.0 Å². The van der Waals surface area contributed by atoms with Gasteiger partial charge >= 0.3 is 0 Å². The first-order valence-corrected chi connectivity index (χ1v) is 10.9. The van der Waals surface area contributed by atoms with E-state index in [9.17, 15) is 5.11 Å². The van der Waals surface area contributed by atoms with Crippen LogP contribution in [0.5, 0.6) is 5.75 Å². The van der Waals surface area contributed by atoms with E-state index < -0.39 is 0 Å². The molecule has 3 aromatic heterocycles. The maximum Gasteiger partial charge on any atom is 0.192 e. The zero-order valence-electron chi connectivity index (χ0n) is 17.7. The number of aryl methyl sites for hydroxylation is 1. The van der Waals surface area contributed by atoms with Crippen LogP contribution < -0.4 is 10.2 Å². The summed E-state index contributed by atoms with van der Waals surface area (Å²) >= 11 is 0. The number of nitrogens with one attached hydrogen (secondary N) is 1. The van der Waals surface area contributed by atoms with Gasteiger partial charge in [-0.2, -0.15) is 0 Å². The third-order valence-corrected chi connectivity index (χ3v) is 6.48. The Balaban J connectivity index is 1.28. The molecular formula is C24H25N5O2. The summed E-state index contributed by atoms with van der Waals surface area (Å²) in [4.78, 5) is 16.2. The summed E-state index contributed by atoms with van der Waals surface area (Å²) in [5.41, 5.74) is 4.58. The van der Waals surface area contributed by atoms with Gasteiger partial charge in [0.25, 0.3) is 0 Å². The molecule has 0 bridgehead atoms. The van der Waals surface area contributed by atoms with Gasteiger partial charge in [0.1, 0.15) is 17.1 Å². The standard InChI is InChI=1S/C24H25N5O2/c1-14-25-20-12-21(30)16(11-22(20)31-14)17-3-4-19-18(26-17)5-6-23(27-19)29-10-7-15(13-29)28-24(2)8-9-24/h3-6,11-12,15,28,30H,7-10,13H2,1-2H3. The van der Waals surface area contributed by atoms with Crippen LogP contribution in [0, 0.1) is 6.92 Å². The van der Waals surface area contributed by atoms with E-state index in [2.05, 4.69) is 22.1 Å². The molecule has 158 valence electrons. The summed E-state index contributed by atoms with van der Waals surface area (Å²) in [7, 11) is 0. The quantitative estimate of drug-likeness (QED) is 0.517. The maximum atomic E-state index is 10.5. The van der Waals surface area contributed by atoms with Gasteiger partial charge < -0.3 is 19.7 Å². The third kappa shape index (κ3) is 3.39. The molecule has 0 spiro atoms. The van der Waals surface area contributed by atoms with Crippen LogP contribution >= 0.6 is 0 Å². The number of phenolic OH excluding ortho intramolecular Hbond substituents is 1. The molecule has 1 saturated heterocycles. The average Bonchev–Trinajstić information content (AvgIpc) is 3.13. The Morgan fingerprint density at radius 1 is 1.06 bits per heavy atom. The van der Waals surface area contributed by atoms with Gasteiger partial charge in [-0.15, -0.1) is 0 Å². The lowest BCUT2D eigenvalue weighted by Gasteiger charge is -2.20. The Hall–Kier alpha value is -3.19. The molecule has 0 amide bonds. The Morgan fingerprint density at radius 2 is 1.87 bits per heavy atom. The van der Waals surface area contributed by atoms with Gasteiger partial charge in [0.2, 0.25) is 0 Å². The monoisotopic (exact) mass is 415 g/mol. The van der Waals surface area contributed by atoms with E-state index >= 15 is 0 Å². The molecule has 0 radical (unpaired) electrons. The summed E-state index contributed by atoms with van der Waals surface area (Å²) < 4.78 is 5.61. The molecule has 1 aliphatic heterocycles. The number of aromatic hydroxyl groups is 1. The molecule has 7 heteroatoms. The van der Waals surface area contributed by atoms with Crippen LogP contribution in [0.3, 0.4) is 0 Å². The van der Waals surface area contributed by atoms with Crippen molar-refractivity contribution in [3.63, 3.8) is 0 Å². The molecule has 6 rings (SSSR count). The summed E-state index contributed by atoms with van der Waals surface area (Å²) in [5.74, 6) is 1.70. The zero-order chi connectivity index (χ0) is 21.2. The second kappa shape index (κ2) is 6.65. The number of rotatable bonds is 4. The Morgan fingerprint density at radius 3 is 2.71 bits per heavy atom. The lowest BCUT2D eigenvalue weighted by Crippen LogP contribution is -2.40. The molecular weight excluding hydrogens is 390 g/mol. The van der Waals surface area contributed by atoms with Crippen molar-refractivity contribution in [2.75, 3.05) is 18.0 Å². The van der Waals surface area contributed by atoms with Crippen LogP contribution in [0.4, 0.5) is 5.82 Å². The number of hydrogen-bond donors (Lipinski definition) is 2. The van der Waals surface area contributed by atoms with Crippen molar-refractivity contribution >= 4 is 28.0 Å². The average molecular weight is 415 g/mol. The van der Waals surface area contributed by atoms with Crippen LogP contribution in [0.15, 0.2) is 40.8 Å². The topological polar surface area (TPSA) is 87.3 Å². The molecule has 1 unspecified atom stereocenters. The smallest absolute Gasteiger partial charge is 0.192 e. The number of pyridine rings is 2. The van der Waals surface area contributed by atoms with Crippen molar-refractivity contribution < 1.29 is 9.52 Å². The fourth-order valence-corrected chi connectivity index (χ4v) is 4.52. The van der Waals surface area contributed by atoms with Gasteiger partial charge in [0.15, 0.2) is 11.5 Å². The highest BCUT2D eigenvalue weighted by Crippen LogP contribution is 2.36. The van der Waals surface area contributed by atoms with E-state index in [1.165, 1.54) is 12.8 Å². The first kappa shape index (κ1) is 18.6. The molecule has 1 atom stereocenters. The van der Waals surface area contributed by atoms with Crippen molar-refractivity contribution in [1.29, 1.82) is 0 Å². The SMILES string of the molecule is Cc1nc2cc(O)c(-c3ccc4nc(N5CCC(NC6(C)CC6)C5)ccc4n3)cc2o1. The maximum absolute atomic E-state index is 10.5. The number of hydrogen-bond acceptors (Lipinski definition) is 7. The first-order valence-electron chi connectivity index (χ1n) is 10.9. The highest BCUT2D eigenvalue weighted by molar-refractivity contribution is 5.86. The largest absolute Gasteiger partial charge is 0.507 e. The second-order valence-corrected chi connectivity index (χ2v) is 9.11. The number of anilines is 1. The normalized spacial score (nSPS) is 20.1. The third-order valence-electron chi connectivity index (χ3n) is 6.48. The van der Waals surface area contributed by atoms with Crippen molar-refractivity contribution in [3.8, 4) is 17.0 Å². The summed E-state index contributed by atoms with van der Waals surface area (Å²) in [6.45, 7) is 6.11. The highest BCUT2D eigenvalue weighted by Gasteiger charge is 2.40. The van der Waals surface area contributed by atoms with Gasteiger partial charge in [-0.05, 0) is 56.5 Å². The van der Waals surface area contributed by atoms with Gasteiger partial charge in [-0.3, -0.25) is 0 Å². The minimum atomic E-state index is 0.136. The molecule has 2 N–H and O–H groups in total. The van der Waals surface area contributed by atoms with E-state index in [0.717, 1.165) is 36.4 Å². The molecule has 1 saturated carbocycles. The minimum absolute atomic E-state index is 0.136.